The van der Waals surface area contributed by atoms with Gasteiger partial charge in [0.05, 0.1) is 23.3 Å². The largest absolute Gasteiger partial charge is 0.495 e. The molecule has 9 heteroatoms. The van der Waals surface area contributed by atoms with E-state index in [1.165, 1.54) is 25.3 Å². The van der Waals surface area contributed by atoms with Crippen molar-refractivity contribution in [2.75, 3.05) is 17.1 Å². The van der Waals surface area contributed by atoms with Crippen LogP contribution < -0.4 is 14.8 Å². The number of fused-ring (bicyclic) bond motifs is 1. The Morgan fingerprint density at radius 2 is 1.82 bits per heavy atom. The second-order valence-corrected chi connectivity index (χ2v) is 9.25. The van der Waals surface area contributed by atoms with Crippen LogP contribution in [0.4, 0.5) is 11.4 Å². The first-order valence-electron chi connectivity index (χ1n) is 10.2. The van der Waals surface area contributed by atoms with Gasteiger partial charge in [0, 0.05) is 28.9 Å². The van der Waals surface area contributed by atoms with Crippen LogP contribution in [0.3, 0.4) is 0 Å². The van der Waals surface area contributed by atoms with E-state index in [9.17, 15) is 13.2 Å². The first-order chi connectivity index (χ1) is 16.4. The molecule has 3 aromatic carbocycles. The summed E-state index contributed by atoms with van der Waals surface area (Å²) in [6.07, 6.45) is 4.71. The maximum Gasteiger partial charge on any atom is 0.265 e. The number of para-hydroxylation sites is 2. The van der Waals surface area contributed by atoms with Crippen molar-refractivity contribution in [1.29, 1.82) is 0 Å². The monoisotopic (exact) mass is 493 g/mol. The third-order valence-electron chi connectivity index (χ3n) is 4.92. The van der Waals surface area contributed by atoms with Crippen LogP contribution in [-0.2, 0) is 14.8 Å². The molecule has 0 fully saturated rings. The molecule has 7 nitrogen and oxygen atoms in total. The molecule has 2 N–H and O–H groups in total. The van der Waals surface area contributed by atoms with Gasteiger partial charge in [-0.2, -0.15) is 0 Å². The summed E-state index contributed by atoms with van der Waals surface area (Å²) in [4.78, 5) is 16.8. The summed E-state index contributed by atoms with van der Waals surface area (Å²) in [5, 5.41) is 3.89. The molecule has 1 amide bonds. The van der Waals surface area contributed by atoms with Gasteiger partial charge >= 0.3 is 0 Å². The van der Waals surface area contributed by atoms with Gasteiger partial charge in [-0.15, -0.1) is 0 Å². The van der Waals surface area contributed by atoms with Gasteiger partial charge in [-0.1, -0.05) is 48.0 Å². The van der Waals surface area contributed by atoms with Crippen molar-refractivity contribution in [2.24, 2.45) is 0 Å². The van der Waals surface area contributed by atoms with Crippen LogP contribution in [-0.4, -0.2) is 26.4 Å². The summed E-state index contributed by atoms with van der Waals surface area (Å²) in [7, 11) is -2.69. The standard InChI is InChI=1S/C25H20ClN3O4S/c1-33-22-13-12-19(16-23(22)34(31,32)29-21-10-3-2-9-20(21)26)28-24(30)14-11-18-7-4-6-17-8-5-15-27-25(17)18/h2-16,29H,1H3,(H,28,30)/b14-11+. The van der Waals surface area contributed by atoms with Gasteiger partial charge in [-0.05, 0) is 42.5 Å². The van der Waals surface area contributed by atoms with E-state index in [1.807, 2.05) is 30.3 Å². The Kier molecular flexibility index (Phi) is 6.81. The van der Waals surface area contributed by atoms with E-state index in [2.05, 4.69) is 15.0 Å². The lowest BCUT2D eigenvalue weighted by atomic mass is 10.1. The van der Waals surface area contributed by atoms with E-state index in [1.54, 1.807) is 42.6 Å². The van der Waals surface area contributed by atoms with Crippen molar-refractivity contribution in [3.05, 3.63) is 95.7 Å². The van der Waals surface area contributed by atoms with Gasteiger partial charge in [-0.3, -0.25) is 14.5 Å². The molecule has 1 heterocycles. The quantitative estimate of drug-likeness (QED) is 0.338. The van der Waals surface area contributed by atoms with Crippen LogP contribution in [0.25, 0.3) is 17.0 Å². The molecule has 0 atom stereocenters. The average Bonchev–Trinajstić information content (AvgIpc) is 2.84. The van der Waals surface area contributed by atoms with E-state index in [-0.39, 0.29) is 27.0 Å². The van der Waals surface area contributed by atoms with Crippen molar-refractivity contribution in [3.63, 3.8) is 0 Å². The Morgan fingerprint density at radius 3 is 2.62 bits per heavy atom. The maximum absolute atomic E-state index is 13.0. The second-order valence-electron chi connectivity index (χ2n) is 7.20. The lowest BCUT2D eigenvalue weighted by Crippen LogP contribution is -2.15. The molecule has 0 aliphatic heterocycles. The number of hydrogen-bond acceptors (Lipinski definition) is 5. The minimum absolute atomic E-state index is 0.120. The van der Waals surface area contributed by atoms with Gasteiger partial charge in [0.1, 0.15) is 10.6 Å². The van der Waals surface area contributed by atoms with Crippen LogP contribution in [0.15, 0.2) is 90.0 Å². The molecule has 34 heavy (non-hydrogen) atoms. The number of benzene rings is 3. The number of halogens is 1. The van der Waals surface area contributed by atoms with Gasteiger partial charge in [0.2, 0.25) is 5.91 Å². The number of rotatable bonds is 7. The van der Waals surface area contributed by atoms with Crippen molar-refractivity contribution >= 4 is 55.9 Å². The zero-order chi connectivity index (χ0) is 24.1. The third kappa shape index (κ3) is 5.19. The summed E-state index contributed by atoms with van der Waals surface area (Å²) in [5.41, 5.74) is 2.08. The number of nitrogens with one attached hydrogen (secondary N) is 2. The molecule has 0 saturated carbocycles. The molecule has 0 unspecified atom stereocenters. The van der Waals surface area contributed by atoms with E-state index >= 15 is 0 Å². The molecular formula is C25H20ClN3O4S. The van der Waals surface area contributed by atoms with Gasteiger partial charge in [0.25, 0.3) is 10.0 Å². The Labute approximate surface area is 202 Å². The fraction of sp³-hybridized carbons (Fsp3) is 0.0400. The van der Waals surface area contributed by atoms with E-state index < -0.39 is 15.9 Å². The molecule has 172 valence electrons. The van der Waals surface area contributed by atoms with Crippen molar-refractivity contribution < 1.29 is 17.9 Å². The molecule has 0 spiro atoms. The third-order valence-corrected chi connectivity index (χ3v) is 6.63. The van der Waals surface area contributed by atoms with Gasteiger partial charge in [-0.25, -0.2) is 8.42 Å². The summed E-state index contributed by atoms with van der Waals surface area (Å²) >= 11 is 6.09. The number of pyridine rings is 1. The lowest BCUT2D eigenvalue weighted by Gasteiger charge is -2.14. The molecule has 4 aromatic rings. The number of sulfonamides is 1. The number of methoxy groups -OCH3 is 1. The summed E-state index contributed by atoms with van der Waals surface area (Å²) in [6, 6.07) is 20.3. The highest BCUT2D eigenvalue weighted by Crippen LogP contribution is 2.31. The highest BCUT2D eigenvalue weighted by Gasteiger charge is 2.21. The molecule has 0 aliphatic carbocycles. The van der Waals surface area contributed by atoms with Crippen LogP contribution in [0, 0.1) is 0 Å². The summed E-state index contributed by atoms with van der Waals surface area (Å²) in [5.74, 6) is -0.310. The first kappa shape index (κ1) is 23.3. The number of ether oxygens (including phenoxy) is 1. The van der Waals surface area contributed by atoms with Gasteiger partial charge < -0.3 is 10.1 Å². The van der Waals surface area contributed by atoms with E-state index in [0.717, 1.165) is 16.5 Å². The zero-order valence-electron chi connectivity index (χ0n) is 18.0. The minimum atomic E-state index is -4.05. The van der Waals surface area contributed by atoms with Crippen molar-refractivity contribution in [2.45, 2.75) is 4.90 Å². The highest BCUT2D eigenvalue weighted by atomic mass is 35.5. The Balaban J connectivity index is 1.57. The van der Waals surface area contributed by atoms with Crippen molar-refractivity contribution in [3.8, 4) is 5.75 Å². The first-order valence-corrected chi connectivity index (χ1v) is 12.0. The normalized spacial score (nSPS) is 11.5. The molecule has 4 rings (SSSR count). The Bertz CT molecular complexity index is 1500. The Morgan fingerprint density at radius 1 is 1.03 bits per heavy atom. The number of carbonyl (C=O) groups is 1. The predicted molar refractivity (Wildman–Crippen MR) is 135 cm³/mol. The van der Waals surface area contributed by atoms with Crippen LogP contribution in [0.2, 0.25) is 5.02 Å². The van der Waals surface area contributed by atoms with Crippen LogP contribution in [0.5, 0.6) is 5.75 Å². The topological polar surface area (TPSA) is 97.4 Å². The predicted octanol–water partition coefficient (Wildman–Crippen LogP) is 5.35. The average molecular weight is 494 g/mol. The summed E-state index contributed by atoms with van der Waals surface area (Å²) < 4.78 is 33.7. The molecule has 0 saturated heterocycles. The minimum Gasteiger partial charge on any atom is -0.495 e. The number of hydrogen-bond donors (Lipinski definition) is 2. The Hall–Kier alpha value is -3.88. The SMILES string of the molecule is COc1ccc(NC(=O)/C=C/c2cccc3cccnc23)cc1S(=O)(=O)Nc1ccccc1Cl. The molecule has 0 bridgehead atoms. The van der Waals surface area contributed by atoms with Crippen molar-refractivity contribution in [1.82, 2.24) is 4.98 Å². The number of nitrogens with zero attached hydrogens (tertiary/aromatic N) is 1. The van der Waals surface area contributed by atoms with E-state index in [4.69, 9.17) is 16.3 Å². The number of anilines is 2. The van der Waals surface area contributed by atoms with Gasteiger partial charge in [0.15, 0.2) is 0 Å². The molecular weight excluding hydrogens is 474 g/mol. The highest BCUT2D eigenvalue weighted by molar-refractivity contribution is 7.92. The molecule has 0 radical (unpaired) electrons. The molecule has 1 aromatic heterocycles. The second kappa shape index (κ2) is 9.94. The number of amides is 1. The fourth-order valence-electron chi connectivity index (χ4n) is 3.32. The van der Waals surface area contributed by atoms with E-state index in [0.29, 0.717) is 0 Å². The fourth-order valence-corrected chi connectivity index (χ4v) is 4.83. The molecule has 0 aliphatic rings. The van der Waals surface area contributed by atoms with Crippen LogP contribution >= 0.6 is 11.6 Å². The zero-order valence-corrected chi connectivity index (χ0v) is 19.6. The summed E-state index contributed by atoms with van der Waals surface area (Å²) in [6.45, 7) is 0. The number of carbonyl (C=O) groups excluding carboxylic acids is 1. The lowest BCUT2D eigenvalue weighted by molar-refractivity contribution is -0.111. The smallest absolute Gasteiger partial charge is 0.265 e. The number of aromatic nitrogens is 1. The maximum atomic E-state index is 13.0. The van der Waals surface area contributed by atoms with Crippen LogP contribution in [0.1, 0.15) is 5.56 Å².